The van der Waals surface area contributed by atoms with E-state index in [1.807, 2.05) is 36.4 Å². The second-order valence-electron chi connectivity index (χ2n) is 6.56. The van der Waals surface area contributed by atoms with Gasteiger partial charge in [0.25, 0.3) is 11.7 Å². The minimum absolute atomic E-state index is 0.0835. The number of ketones is 1. The van der Waals surface area contributed by atoms with Crippen molar-refractivity contribution in [1.29, 1.82) is 0 Å². The molecule has 1 aliphatic rings. The van der Waals surface area contributed by atoms with Crippen LogP contribution in [-0.4, -0.2) is 26.7 Å². The van der Waals surface area contributed by atoms with Crippen LogP contribution in [-0.2, 0) is 16.1 Å². The maximum atomic E-state index is 12.9. The summed E-state index contributed by atoms with van der Waals surface area (Å²) in [5.41, 5.74) is 2.15. The fourth-order valence-corrected chi connectivity index (χ4v) is 3.46. The molecule has 1 aliphatic heterocycles. The molecule has 1 N–H and O–H groups in total. The molecular weight excluding hydrogens is 352 g/mol. The number of benzene rings is 2. The van der Waals surface area contributed by atoms with E-state index in [1.165, 1.54) is 4.90 Å². The van der Waals surface area contributed by atoms with E-state index in [1.54, 1.807) is 48.8 Å². The zero-order chi connectivity index (χ0) is 19.5. The van der Waals surface area contributed by atoms with E-state index in [9.17, 15) is 14.7 Å². The first-order valence-electron chi connectivity index (χ1n) is 8.94. The van der Waals surface area contributed by atoms with Crippen LogP contribution in [0.5, 0.6) is 0 Å². The normalized spacial score (nSPS) is 18.4. The Balaban J connectivity index is 1.85. The summed E-state index contributed by atoms with van der Waals surface area (Å²) in [5.74, 6) is -1.50. The van der Waals surface area contributed by atoms with Crippen molar-refractivity contribution in [3.05, 3.63) is 107 Å². The van der Waals surface area contributed by atoms with Crippen molar-refractivity contribution >= 4 is 17.4 Å². The highest BCUT2D eigenvalue weighted by Gasteiger charge is 2.46. The van der Waals surface area contributed by atoms with E-state index in [2.05, 4.69) is 4.98 Å². The van der Waals surface area contributed by atoms with Crippen LogP contribution >= 0.6 is 0 Å². The second-order valence-corrected chi connectivity index (χ2v) is 6.56. The van der Waals surface area contributed by atoms with Crippen molar-refractivity contribution in [2.24, 2.45) is 0 Å². The van der Waals surface area contributed by atoms with Crippen LogP contribution in [0.2, 0.25) is 0 Å². The van der Waals surface area contributed by atoms with Crippen LogP contribution in [0.1, 0.15) is 22.7 Å². The molecule has 1 aromatic heterocycles. The van der Waals surface area contributed by atoms with Gasteiger partial charge >= 0.3 is 0 Å². The topological polar surface area (TPSA) is 70.5 Å². The maximum Gasteiger partial charge on any atom is 0.295 e. The lowest BCUT2D eigenvalue weighted by Crippen LogP contribution is -2.29. The minimum atomic E-state index is -0.700. The van der Waals surface area contributed by atoms with Gasteiger partial charge < -0.3 is 10.0 Å². The third-order valence-electron chi connectivity index (χ3n) is 4.78. The third kappa shape index (κ3) is 3.18. The van der Waals surface area contributed by atoms with E-state index >= 15 is 0 Å². The van der Waals surface area contributed by atoms with Crippen LogP contribution in [0.25, 0.3) is 5.76 Å². The van der Waals surface area contributed by atoms with Gasteiger partial charge in [0, 0.05) is 24.5 Å². The van der Waals surface area contributed by atoms with Crippen LogP contribution in [0.4, 0.5) is 0 Å². The van der Waals surface area contributed by atoms with E-state index in [0.29, 0.717) is 11.1 Å². The van der Waals surface area contributed by atoms with E-state index in [0.717, 1.165) is 5.56 Å². The smallest absolute Gasteiger partial charge is 0.295 e. The molecule has 2 aromatic carbocycles. The molecule has 1 saturated heterocycles. The fourth-order valence-electron chi connectivity index (χ4n) is 3.46. The minimum Gasteiger partial charge on any atom is -0.507 e. The summed E-state index contributed by atoms with van der Waals surface area (Å²) in [5, 5.41) is 10.9. The van der Waals surface area contributed by atoms with Gasteiger partial charge in [-0.05, 0) is 17.2 Å². The maximum absolute atomic E-state index is 12.9. The number of hydrogen-bond donors (Lipinski definition) is 1. The Morgan fingerprint density at radius 2 is 1.61 bits per heavy atom. The summed E-state index contributed by atoms with van der Waals surface area (Å²) >= 11 is 0. The molecule has 0 spiro atoms. The quantitative estimate of drug-likeness (QED) is 0.432. The van der Waals surface area contributed by atoms with Crippen molar-refractivity contribution < 1.29 is 14.7 Å². The molecule has 0 radical (unpaired) electrons. The zero-order valence-corrected chi connectivity index (χ0v) is 15.0. The van der Waals surface area contributed by atoms with Gasteiger partial charge in [-0.1, -0.05) is 66.7 Å². The van der Waals surface area contributed by atoms with Gasteiger partial charge in [0.1, 0.15) is 5.76 Å². The first-order valence-corrected chi connectivity index (χ1v) is 8.94. The Morgan fingerprint density at radius 1 is 0.929 bits per heavy atom. The summed E-state index contributed by atoms with van der Waals surface area (Å²) in [7, 11) is 0. The predicted octanol–water partition coefficient (Wildman–Crippen LogP) is 3.70. The summed E-state index contributed by atoms with van der Waals surface area (Å²) < 4.78 is 0. The van der Waals surface area contributed by atoms with E-state index < -0.39 is 17.7 Å². The van der Waals surface area contributed by atoms with Crippen molar-refractivity contribution in [3.8, 4) is 0 Å². The van der Waals surface area contributed by atoms with Crippen molar-refractivity contribution in [2.45, 2.75) is 12.6 Å². The monoisotopic (exact) mass is 370 g/mol. The van der Waals surface area contributed by atoms with Gasteiger partial charge in [0.2, 0.25) is 0 Å². The molecule has 1 atom stereocenters. The highest BCUT2D eigenvalue weighted by Crippen LogP contribution is 2.39. The number of amides is 1. The van der Waals surface area contributed by atoms with Crippen LogP contribution < -0.4 is 0 Å². The lowest BCUT2D eigenvalue weighted by Gasteiger charge is -2.25. The summed E-state index contributed by atoms with van der Waals surface area (Å²) in [4.78, 5) is 31.3. The summed E-state index contributed by atoms with van der Waals surface area (Å²) in [6.45, 7) is 0.260. The molecular formula is C23H18N2O3. The van der Waals surface area contributed by atoms with Crippen LogP contribution in [0, 0.1) is 0 Å². The molecule has 1 amide bonds. The molecule has 138 valence electrons. The zero-order valence-electron chi connectivity index (χ0n) is 15.0. The highest BCUT2D eigenvalue weighted by molar-refractivity contribution is 6.46. The Bertz CT molecular complexity index is 1030. The number of hydrogen-bond acceptors (Lipinski definition) is 4. The average molecular weight is 370 g/mol. The van der Waals surface area contributed by atoms with Crippen LogP contribution in [0.15, 0.2) is 90.8 Å². The van der Waals surface area contributed by atoms with Gasteiger partial charge in [-0.2, -0.15) is 0 Å². The standard InChI is InChI=1S/C23H18N2O3/c26-21(17-10-5-2-6-11-17)19-20(18-12-7-13-24-14-18)25(23(28)22(19)27)15-16-8-3-1-4-9-16/h1-14,20,26H,15H2/b21-19+. The van der Waals surface area contributed by atoms with E-state index in [4.69, 9.17) is 0 Å². The third-order valence-corrected chi connectivity index (χ3v) is 4.78. The molecule has 1 fully saturated rings. The van der Waals surface area contributed by atoms with Crippen molar-refractivity contribution in [2.75, 3.05) is 0 Å². The first-order chi connectivity index (χ1) is 13.7. The molecule has 1 unspecified atom stereocenters. The highest BCUT2D eigenvalue weighted by atomic mass is 16.3. The number of pyridine rings is 1. The second kappa shape index (κ2) is 7.48. The molecule has 3 aromatic rings. The number of Topliss-reactive ketones (excluding diaryl/α,β-unsaturated/α-hetero) is 1. The average Bonchev–Trinajstić information content (AvgIpc) is 3.00. The number of aromatic nitrogens is 1. The molecule has 28 heavy (non-hydrogen) atoms. The summed E-state index contributed by atoms with van der Waals surface area (Å²) in [6.07, 6.45) is 3.25. The number of likely N-dealkylation sites (tertiary alicyclic amines) is 1. The molecule has 0 aliphatic carbocycles. The number of rotatable bonds is 4. The van der Waals surface area contributed by atoms with Gasteiger partial charge in [-0.15, -0.1) is 0 Å². The Labute approximate surface area is 162 Å². The Kier molecular flexibility index (Phi) is 4.72. The first kappa shape index (κ1) is 17.7. The van der Waals surface area contributed by atoms with Crippen molar-refractivity contribution in [1.82, 2.24) is 9.88 Å². The van der Waals surface area contributed by atoms with Gasteiger partial charge in [0.15, 0.2) is 0 Å². The number of nitrogens with zero attached hydrogens (tertiary/aromatic N) is 2. The molecule has 5 heteroatoms. The number of aliphatic hydroxyl groups excluding tert-OH is 1. The largest absolute Gasteiger partial charge is 0.507 e. The molecule has 5 nitrogen and oxygen atoms in total. The van der Waals surface area contributed by atoms with E-state index in [-0.39, 0.29) is 17.9 Å². The summed E-state index contributed by atoms with van der Waals surface area (Å²) in [6, 6.07) is 21.1. The SMILES string of the molecule is O=C1C(=O)N(Cc2ccccc2)C(c2cccnc2)/C1=C(\O)c1ccccc1. The van der Waals surface area contributed by atoms with Crippen molar-refractivity contribution in [3.63, 3.8) is 0 Å². The molecule has 2 heterocycles. The number of carbonyl (C=O) groups is 2. The molecule has 0 saturated carbocycles. The van der Waals surface area contributed by atoms with Gasteiger partial charge in [-0.3, -0.25) is 14.6 Å². The lowest BCUT2D eigenvalue weighted by molar-refractivity contribution is -0.140. The Hall–Kier alpha value is -3.73. The molecule has 4 rings (SSSR count). The van der Waals surface area contributed by atoms with Gasteiger partial charge in [0.05, 0.1) is 11.6 Å². The van der Waals surface area contributed by atoms with Crippen LogP contribution in [0.3, 0.4) is 0 Å². The lowest BCUT2D eigenvalue weighted by atomic mass is 9.96. The predicted molar refractivity (Wildman–Crippen MR) is 105 cm³/mol. The molecule has 0 bridgehead atoms. The number of aliphatic hydroxyl groups is 1. The fraction of sp³-hybridized carbons (Fsp3) is 0.0870. The number of carbonyl (C=O) groups excluding carboxylic acids is 2. The van der Waals surface area contributed by atoms with Gasteiger partial charge in [-0.25, -0.2) is 0 Å². The Morgan fingerprint density at radius 3 is 2.25 bits per heavy atom.